The van der Waals surface area contributed by atoms with E-state index >= 15 is 0 Å². The molecule has 1 aliphatic carbocycles. The summed E-state index contributed by atoms with van der Waals surface area (Å²) in [5.74, 6) is -1.12. The average Bonchev–Trinajstić information content (AvgIpc) is 2.71. The Hall–Kier alpha value is -0.810. The second-order valence-corrected chi connectivity index (χ2v) is 6.65. The first kappa shape index (κ1) is 14.6. The van der Waals surface area contributed by atoms with Gasteiger partial charge in [-0.1, -0.05) is 13.8 Å². The first-order chi connectivity index (χ1) is 9.04. The maximum atomic E-state index is 13.7. The molecule has 106 valence electrons. The monoisotopic (exact) mass is 287 g/mol. The van der Waals surface area contributed by atoms with Crippen molar-refractivity contribution in [3.63, 3.8) is 0 Å². The highest BCUT2D eigenvalue weighted by Gasteiger charge is 2.37. The molecule has 1 fully saturated rings. The maximum absolute atomic E-state index is 13.7. The number of halogens is 2. The van der Waals surface area contributed by atoms with Crippen LogP contribution in [-0.2, 0) is 10.8 Å². The van der Waals surface area contributed by atoms with E-state index in [9.17, 15) is 13.0 Å². The number of nitrogens with one attached hydrogen (secondary N) is 1. The molecule has 5 heteroatoms. The van der Waals surface area contributed by atoms with Crippen LogP contribution in [0.1, 0.15) is 26.7 Å². The minimum atomic E-state index is -1.41. The topological polar surface area (TPSA) is 29.1 Å². The van der Waals surface area contributed by atoms with Gasteiger partial charge in [-0.05, 0) is 37.4 Å². The predicted molar refractivity (Wildman–Crippen MR) is 72.4 cm³/mol. The van der Waals surface area contributed by atoms with Crippen LogP contribution in [0.3, 0.4) is 0 Å². The Morgan fingerprint density at radius 2 is 2.11 bits per heavy atom. The Bertz CT molecular complexity index is 481. The summed E-state index contributed by atoms with van der Waals surface area (Å²) in [5, 5.41) is 3.30. The quantitative estimate of drug-likeness (QED) is 0.922. The van der Waals surface area contributed by atoms with Crippen molar-refractivity contribution in [2.75, 3.05) is 6.54 Å². The van der Waals surface area contributed by atoms with Crippen LogP contribution in [0.5, 0.6) is 0 Å². The standard InChI is InChI=1S/C14H19F2NOS/c1-3-17-12-5-7-13(9(12)2)19(18)14-6-4-10(15)8-11(14)16/h4,6,8-9,12-13,17H,3,5,7H2,1-2H3. The van der Waals surface area contributed by atoms with E-state index in [1.165, 1.54) is 6.07 Å². The van der Waals surface area contributed by atoms with Crippen LogP contribution < -0.4 is 5.32 Å². The molecular weight excluding hydrogens is 268 g/mol. The lowest BCUT2D eigenvalue weighted by Crippen LogP contribution is -2.35. The van der Waals surface area contributed by atoms with Crippen molar-refractivity contribution in [1.82, 2.24) is 5.32 Å². The average molecular weight is 287 g/mol. The van der Waals surface area contributed by atoms with Gasteiger partial charge in [-0.25, -0.2) is 8.78 Å². The lowest BCUT2D eigenvalue weighted by molar-refractivity contribution is 0.438. The van der Waals surface area contributed by atoms with E-state index in [2.05, 4.69) is 5.32 Å². The number of hydrogen-bond donors (Lipinski definition) is 1. The van der Waals surface area contributed by atoms with Gasteiger partial charge in [0.25, 0.3) is 0 Å². The first-order valence-corrected chi connectivity index (χ1v) is 7.85. The third kappa shape index (κ3) is 3.03. The highest BCUT2D eigenvalue weighted by Crippen LogP contribution is 2.33. The van der Waals surface area contributed by atoms with Gasteiger partial charge in [0.15, 0.2) is 0 Å². The van der Waals surface area contributed by atoms with Gasteiger partial charge in [0.2, 0.25) is 0 Å². The molecule has 4 unspecified atom stereocenters. The fraction of sp³-hybridized carbons (Fsp3) is 0.571. The fourth-order valence-corrected chi connectivity index (χ4v) is 4.49. The number of hydrogen-bond acceptors (Lipinski definition) is 2. The van der Waals surface area contributed by atoms with E-state index in [4.69, 9.17) is 0 Å². The van der Waals surface area contributed by atoms with Crippen molar-refractivity contribution in [2.45, 2.75) is 42.9 Å². The molecule has 0 heterocycles. The summed E-state index contributed by atoms with van der Waals surface area (Å²) >= 11 is 0. The first-order valence-electron chi connectivity index (χ1n) is 6.63. The summed E-state index contributed by atoms with van der Waals surface area (Å²) in [5.41, 5.74) is 0. The van der Waals surface area contributed by atoms with Crippen LogP contribution in [0.4, 0.5) is 8.78 Å². The minimum absolute atomic E-state index is 0.0657. The van der Waals surface area contributed by atoms with E-state index in [1.54, 1.807) is 0 Å². The lowest BCUT2D eigenvalue weighted by atomic mass is 10.1. The van der Waals surface area contributed by atoms with Gasteiger partial charge >= 0.3 is 0 Å². The van der Waals surface area contributed by atoms with Crippen LogP contribution in [0.2, 0.25) is 0 Å². The molecule has 0 aliphatic heterocycles. The van der Waals surface area contributed by atoms with Crippen molar-refractivity contribution >= 4 is 10.8 Å². The molecule has 4 atom stereocenters. The maximum Gasteiger partial charge on any atom is 0.142 e. The van der Waals surface area contributed by atoms with Gasteiger partial charge in [0, 0.05) is 17.4 Å². The van der Waals surface area contributed by atoms with Crippen LogP contribution in [0.25, 0.3) is 0 Å². The molecule has 0 amide bonds. The number of rotatable bonds is 4. The van der Waals surface area contributed by atoms with Crippen molar-refractivity contribution in [3.05, 3.63) is 29.8 Å². The molecule has 1 aliphatic rings. The van der Waals surface area contributed by atoms with E-state index in [-0.39, 0.29) is 16.1 Å². The highest BCUT2D eigenvalue weighted by molar-refractivity contribution is 7.85. The molecule has 0 radical (unpaired) electrons. The molecule has 1 saturated carbocycles. The summed E-state index contributed by atoms with van der Waals surface area (Å²) < 4.78 is 39.0. The third-order valence-electron chi connectivity index (χ3n) is 3.84. The van der Waals surface area contributed by atoms with E-state index in [1.807, 2.05) is 13.8 Å². The van der Waals surface area contributed by atoms with Crippen LogP contribution in [0, 0.1) is 17.6 Å². The predicted octanol–water partition coefficient (Wildman–Crippen LogP) is 2.85. The van der Waals surface area contributed by atoms with Crippen molar-refractivity contribution in [2.24, 2.45) is 5.92 Å². The van der Waals surface area contributed by atoms with Crippen LogP contribution in [-0.4, -0.2) is 22.0 Å². The molecule has 2 rings (SSSR count). The van der Waals surface area contributed by atoms with Crippen molar-refractivity contribution in [3.8, 4) is 0 Å². The van der Waals surface area contributed by atoms with E-state index < -0.39 is 22.4 Å². The molecule has 0 saturated heterocycles. The molecule has 1 aromatic rings. The second kappa shape index (κ2) is 6.09. The third-order valence-corrected chi connectivity index (χ3v) is 5.81. The van der Waals surface area contributed by atoms with Crippen LogP contribution in [0.15, 0.2) is 23.1 Å². The van der Waals surface area contributed by atoms with Gasteiger partial charge in [-0.15, -0.1) is 0 Å². The van der Waals surface area contributed by atoms with Crippen molar-refractivity contribution in [1.29, 1.82) is 0 Å². The molecule has 19 heavy (non-hydrogen) atoms. The molecule has 2 nitrogen and oxygen atoms in total. The van der Waals surface area contributed by atoms with E-state index in [0.29, 0.717) is 6.04 Å². The Labute approximate surface area is 115 Å². The second-order valence-electron chi connectivity index (χ2n) is 5.01. The SMILES string of the molecule is CCNC1CCC(S(=O)c2ccc(F)cc2F)C1C. The Morgan fingerprint density at radius 3 is 2.74 bits per heavy atom. The van der Waals surface area contributed by atoms with Gasteiger partial charge in [0.05, 0.1) is 15.7 Å². The zero-order valence-electron chi connectivity index (χ0n) is 11.2. The summed E-state index contributed by atoms with van der Waals surface area (Å²) in [7, 11) is -1.41. The summed E-state index contributed by atoms with van der Waals surface area (Å²) in [6.45, 7) is 4.96. The summed E-state index contributed by atoms with van der Waals surface area (Å²) in [6.07, 6.45) is 1.76. The molecule has 1 N–H and O–H groups in total. The number of benzene rings is 1. The zero-order chi connectivity index (χ0) is 14.0. The molecule has 0 bridgehead atoms. The fourth-order valence-electron chi connectivity index (χ4n) is 2.78. The smallest absolute Gasteiger partial charge is 0.142 e. The largest absolute Gasteiger partial charge is 0.314 e. The Balaban J connectivity index is 2.16. The van der Waals surface area contributed by atoms with Gasteiger partial charge in [0.1, 0.15) is 11.6 Å². The van der Waals surface area contributed by atoms with Gasteiger partial charge < -0.3 is 5.32 Å². The summed E-state index contributed by atoms with van der Waals surface area (Å²) in [6, 6.07) is 3.60. The van der Waals surface area contributed by atoms with Crippen LogP contribution >= 0.6 is 0 Å². The van der Waals surface area contributed by atoms with Crippen molar-refractivity contribution < 1.29 is 13.0 Å². The molecular formula is C14H19F2NOS. The zero-order valence-corrected chi connectivity index (χ0v) is 12.0. The van der Waals surface area contributed by atoms with Gasteiger partial charge in [-0.3, -0.25) is 4.21 Å². The summed E-state index contributed by atoms with van der Waals surface area (Å²) in [4.78, 5) is 0.121. The molecule has 0 spiro atoms. The highest BCUT2D eigenvalue weighted by atomic mass is 32.2. The minimum Gasteiger partial charge on any atom is -0.314 e. The van der Waals surface area contributed by atoms with E-state index in [0.717, 1.165) is 31.5 Å². The normalized spacial score (nSPS) is 28.5. The molecule has 1 aromatic carbocycles. The molecule has 0 aromatic heterocycles. The Kier molecular flexibility index (Phi) is 4.68. The Morgan fingerprint density at radius 1 is 1.37 bits per heavy atom. The van der Waals surface area contributed by atoms with Gasteiger partial charge in [-0.2, -0.15) is 0 Å². The lowest BCUT2D eigenvalue weighted by Gasteiger charge is -2.21.